The molecule has 1 atom stereocenters. The Hall–Kier alpha value is -1.24. The molecule has 0 saturated carbocycles. The number of aryl methyl sites for hydroxylation is 1. The predicted octanol–water partition coefficient (Wildman–Crippen LogP) is 4.77. The van der Waals surface area contributed by atoms with E-state index >= 15 is 0 Å². The van der Waals surface area contributed by atoms with Gasteiger partial charge >= 0.3 is 0 Å². The van der Waals surface area contributed by atoms with Crippen LogP contribution in [-0.2, 0) is 17.8 Å². The molecule has 8 heteroatoms. The molecular formula is C19H22Cl2N4OS. The molecule has 2 aliphatic rings. The predicted molar refractivity (Wildman–Crippen MR) is 108 cm³/mol. The second-order valence-corrected chi connectivity index (χ2v) is 8.91. The standard InChI is InChI=1S/C19H22Cl2N4OS/c20-13-7-8-14(21)16(11-13)27-12-18(26)24-10-4-5-15(24)19-23-22-17-6-2-1-3-9-25(17)19/h7-8,11,15H,1-6,9-10,12H2. The first-order chi connectivity index (χ1) is 13.1. The molecule has 4 rings (SSSR count). The van der Waals surface area contributed by atoms with Crippen LogP contribution in [0.25, 0.3) is 0 Å². The maximum Gasteiger partial charge on any atom is 0.233 e. The summed E-state index contributed by atoms with van der Waals surface area (Å²) in [6.45, 7) is 1.73. The monoisotopic (exact) mass is 424 g/mol. The van der Waals surface area contributed by atoms with Crippen molar-refractivity contribution in [2.45, 2.75) is 56.0 Å². The Balaban J connectivity index is 1.47. The largest absolute Gasteiger partial charge is 0.332 e. The Morgan fingerprint density at radius 2 is 2.04 bits per heavy atom. The summed E-state index contributed by atoms with van der Waals surface area (Å²) in [5, 5.41) is 10.1. The van der Waals surface area contributed by atoms with Gasteiger partial charge in [-0.05, 0) is 43.9 Å². The van der Waals surface area contributed by atoms with Gasteiger partial charge in [0, 0.05) is 29.4 Å². The Bertz CT molecular complexity index is 841. The number of halogens is 2. The van der Waals surface area contributed by atoms with Gasteiger partial charge in [-0.15, -0.1) is 22.0 Å². The molecule has 1 saturated heterocycles. The highest BCUT2D eigenvalue weighted by molar-refractivity contribution is 8.00. The number of hydrogen-bond donors (Lipinski definition) is 0. The van der Waals surface area contributed by atoms with Crippen molar-refractivity contribution in [2.24, 2.45) is 0 Å². The third-order valence-electron chi connectivity index (χ3n) is 5.25. The van der Waals surface area contributed by atoms with Gasteiger partial charge in [-0.1, -0.05) is 29.6 Å². The molecule has 2 aliphatic heterocycles. The molecule has 144 valence electrons. The van der Waals surface area contributed by atoms with Crippen molar-refractivity contribution in [1.82, 2.24) is 19.7 Å². The van der Waals surface area contributed by atoms with E-state index in [0.717, 1.165) is 55.3 Å². The fourth-order valence-electron chi connectivity index (χ4n) is 3.90. The number of rotatable bonds is 4. The van der Waals surface area contributed by atoms with Crippen LogP contribution in [0.2, 0.25) is 10.0 Å². The van der Waals surface area contributed by atoms with E-state index in [1.807, 2.05) is 11.0 Å². The van der Waals surface area contributed by atoms with Crippen molar-refractivity contribution in [2.75, 3.05) is 12.3 Å². The van der Waals surface area contributed by atoms with Crippen molar-refractivity contribution in [3.63, 3.8) is 0 Å². The van der Waals surface area contributed by atoms with Crippen molar-refractivity contribution >= 4 is 40.9 Å². The topological polar surface area (TPSA) is 51.0 Å². The first-order valence-electron chi connectivity index (χ1n) is 9.43. The van der Waals surface area contributed by atoms with Crippen LogP contribution >= 0.6 is 35.0 Å². The first-order valence-corrected chi connectivity index (χ1v) is 11.2. The van der Waals surface area contributed by atoms with Crippen LogP contribution < -0.4 is 0 Å². The molecule has 0 spiro atoms. The number of thioether (sulfide) groups is 1. The minimum absolute atomic E-state index is 0.0345. The fraction of sp³-hybridized carbons (Fsp3) is 0.526. The van der Waals surface area contributed by atoms with E-state index in [1.54, 1.807) is 12.1 Å². The third kappa shape index (κ3) is 4.13. The number of fused-ring (bicyclic) bond motifs is 1. The normalized spacial score (nSPS) is 19.8. The van der Waals surface area contributed by atoms with E-state index in [-0.39, 0.29) is 11.9 Å². The van der Waals surface area contributed by atoms with Crippen LogP contribution in [0.4, 0.5) is 0 Å². The maximum atomic E-state index is 12.9. The van der Waals surface area contributed by atoms with Gasteiger partial charge in [0.2, 0.25) is 5.91 Å². The van der Waals surface area contributed by atoms with E-state index < -0.39 is 0 Å². The van der Waals surface area contributed by atoms with Gasteiger partial charge in [0.1, 0.15) is 5.82 Å². The van der Waals surface area contributed by atoms with Crippen LogP contribution in [-0.4, -0.2) is 37.9 Å². The second kappa shape index (κ2) is 8.41. The van der Waals surface area contributed by atoms with Gasteiger partial charge in [0.25, 0.3) is 0 Å². The zero-order chi connectivity index (χ0) is 18.8. The van der Waals surface area contributed by atoms with Gasteiger partial charge in [0.15, 0.2) is 5.82 Å². The fourth-order valence-corrected chi connectivity index (χ4v) is 5.28. The molecule has 27 heavy (non-hydrogen) atoms. The van der Waals surface area contributed by atoms with Gasteiger partial charge < -0.3 is 9.47 Å². The van der Waals surface area contributed by atoms with Crippen LogP contribution in [0, 0.1) is 0 Å². The van der Waals surface area contributed by atoms with Crippen LogP contribution in [0.1, 0.15) is 49.8 Å². The lowest BCUT2D eigenvalue weighted by molar-refractivity contribution is -0.129. The van der Waals surface area contributed by atoms with E-state index in [9.17, 15) is 4.79 Å². The Kier molecular flexibility index (Phi) is 5.95. The lowest BCUT2D eigenvalue weighted by Gasteiger charge is -2.24. The molecule has 0 N–H and O–H groups in total. The molecular weight excluding hydrogens is 403 g/mol. The summed E-state index contributed by atoms with van der Waals surface area (Å²) in [6.07, 6.45) is 6.49. The number of likely N-dealkylation sites (tertiary alicyclic amines) is 1. The number of benzene rings is 1. The number of hydrogen-bond acceptors (Lipinski definition) is 4. The van der Waals surface area contributed by atoms with Crippen molar-refractivity contribution in [3.8, 4) is 0 Å². The van der Waals surface area contributed by atoms with Gasteiger partial charge in [0.05, 0.1) is 16.8 Å². The SMILES string of the molecule is O=C(CSc1cc(Cl)ccc1Cl)N1CCCC1c1nnc2n1CCCCC2. The average Bonchev–Trinajstić information content (AvgIpc) is 3.23. The summed E-state index contributed by atoms with van der Waals surface area (Å²) >= 11 is 13.7. The zero-order valence-corrected chi connectivity index (χ0v) is 17.4. The van der Waals surface area contributed by atoms with Crippen molar-refractivity contribution in [1.29, 1.82) is 0 Å². The molecule has 1 amide bonds. The second-order valence-electron chi connectivity index (χ2n) is 7.05. The molecule has 1 fully saturated rings. The van der Waals surface area contributed by atoms with E-state index in [2.05, 4.69) is 14.8 Å². The highest BCUT2D eigenvalue weighted by Crippen LogP contribution is 2.35. The van der Waals surface area contributed by atoms with Crippen molar-refractivity contribution in [3.05, 3.63) is 39.9 Å². The summed E-state index contributed by atoms with van der Waals surface area (Å²) in [4.78, 5) is 15.7. The minimum Gasteiger partial charge on any atom is -0.332 e. The zero-order valence-electron chi connectivity index (χ0n) is 15.0. The number of nitrogens with zero attached hydrogens (tertiary/aromatic N) is 4. The van der Waals surface area contributed by atoms with Gasteiger partial charge in [-0.3, -0.25) is 4.79 Å². The lowest BCUT2D eigenvalue weighted by Crippen LogP contribution is -2.33. The maximum absolute atomic E-state index is 12.9. The Morgan fingerprint density at radius 3 is 2.93 bits per heavy atom. The van der Waals surface area contributed by atoms with Crippen LogP contribution in [0.15, 0.2) is 23.1 Å². The van der Waals surface area contributed by atoms with E-state index in [0.29, 0.717) is 15.8 Å². The first kappa shape index (κ1) is 19.1. The quantitative estimate of drug-likeness (QED) is 0.663. The number of carbonyl (C=O) groups is 1. The summed E-state index contributed by atoms with van der Waals surface area (Å²) in [7, 11) is 0. The van der Waals surface area contributed by atoms with Crippen LogP contribution in [0.5, 0.6) is 0 Å². The molecule has 0 aliphatic carbocycles. The summed E-state index contributed by atoms with van der Waals surface area (Å²) in [6, 6.07) is 5.36. The molecule has 5 nitrogen and oxygen atoms in total. The Labute approximate surface area is 173 Å². The number of carbonyl (C=O) groups excluding carboxylic acids is 1. The summed E-state index contributed by atoms with van der Waals surface area (Å²) in [5.41, 5.74) is 0. The Morgan fingerprint density at radius 1 is 1.15 bits per heavy atom. The van der Waals surface area contributed by atoms with Crippen LogP contribution in [0.3, 0.4) is 0 Å². The highest BCUT2D eigenvalue weighted by atomic mass is 35.5. The number of amides is 1. The third-order valence-corrected chi connectivity index (χ3v) is 6.97. The van der Waals surface area contributed by atoms with E-state index in [1.165, 1.54) is 24.6 Å². The lowest BCUT2D eigenvalue weighted by atomic mass is 10.2. The summed E-state index contributed by atoms with van der Waals surface area (Å²) < 4.78 is 2.25. The smallest absolute Gasteiger partial charge is 0.233 e. The molecule has 0 radical (unpaired) electrons. The number of aromatic nitrogens is 3. The van der Waals surface area contributed by atoms with E-state index in [4.69, 9.17) is 23.2 Å². The van der Waals surface area contributed by atoms with Gasteiger partial charge in [-0.2, -0.15) is 0 Å². The average molecular weight is 425 g/mol. The molecule has 0 bridgehead atoms. The molecule has 3 heterocycles. The molecule has 2 aromatic rings. The highest BCUT2D eigenvalue weighted by Gasteiger charge is 2.34. The molecule has 1 unspecified atom stereocenters. The minimum atomic E-state index is 0.0345. The van der Waals surface area contributed by atoms with Gasteiger partial charge in [-0.25, -0.2) is 0 Å². The van der Waals surface area contributed by atoms with Crippen molar-refractivity contribution < 1.29 is 4.79 Å². The summed E-state index contributed by atoms with van der Waals surface area (Å²) in [5.74, 6) is 2.49. The molecule has 1 aromatic heterocycles. The molecule has 1 aromatic carbocycles.